The van der Waals surface area contributed by atoms with Crippen LogP contribution in [0.1, 0.15) is 50.3 Å². The fourth-order valence-corrected chi connectivity index (χ4v) is 3.39. The highest BCUT2D eigenvalue weighted by atomic mass is 16.5. The zero-order chi connectivity index (χ0) is 18.3. The fraction of sp³-hybridized carbons (Fsp3) is 0.650. The predicted molar refractivity (Wildman–Crippen MR) is 99.6 cm³/mol. The average Bonchev–Trinajstić information content (AvgIpc) is 2.63. The number of carbonyl (C=O) groups excluding carboxylic acids is 1. The summed E-state index contributed by atoms with van der Waals surface area (Å²) in [4.78, 5) is 14.2. The maximum absolute atomic E-state index is 12.5. The molecular formula is C20H32N2O3. The summed E-state index contributed by atoms with van der Waals surface area (Å²) in [5, 5.41) is 12.8. The van der Waals surface area contributed by atoms with Gasteiger partial charge in [-0.25, -0.2) is 4.79 Å². The Balaban J connectivity index is 1.90. The molecular weight excluding hydrogens is 316 g/mol. The van der Waals surface area contributed by atoms with Gasteiger partial charge < -0.3 is 20.1 Å². The monoisotopic (exact) mass is 348 g/mol. The largest absolute Gasteiger partial charge is 0.396 e. The number of aliphatic hydroxyl groups is 1. The highest BCUT2D eigenvalue weighted by Gasteiger charge is 2.34. The Labute approximate surface area is 151 Å². The first kappa shape index (κ1) is 19.7. The van der Waals surface area contributed by atoms with Gasteiger partial charge in [0.2, 0.25) is 0 Å². The molecule has 1 fully saturated rings. The summed E-state index contributed by atoms with van der Waals surface area (Å²) in [7, 11) is 1.79. The summed E-state index contributed by atoms with van der Waals surface area (Å²) in [6.45, 7) is 6.09. The quantitative estimate of drug-likeness (QED) is 0.796. The maximum atomic E-state index is 12.5. The van der Waals surface area contributed by atoms with Gasteiger partial charge in [0.25, 0.3) is 0 Å². The van der Waals surface area contributed by atoms with Crippen molar-refractivity contribution in [2.75, 3.05) is 33.4 Å². The van der Waals surface area contributed by atoms with Crippen molar-refractivity contribution >= 4 is 6.03 Å². The lowest BCUT2D eigenvalue weighted by Gasteiger charge is -2.38. The number of urea groups is 1. The van der Waals surface area contributed by atoms with Crippen molar-refractivity contribution in [1.82, 2.24) is 10.2 Å². The number of hydrogen-bond acceptors (Lipinski definition) is 3. The van der Waals surface area contributed by atoms with Crippen molar-refractivity contribution in [3.8, 4) is 0 Å². The maximum Gasteiger partial charge on any atom is 0.317 e. The molecule has 2 N–H and O–H groups in total. The predicted octanol–water partition coefficient (Wildman–Crippen LogP) is 3.13. The molecule has 140 valence electrons. The Hall–Kier alpha value is -1.59. The number of amides is 2. The van der Waals surface area contributed by atoms with Gasteiger partial charge in [-0.3, -0.25) is 0 Å². The first-order valence-corrected chi connectivity index (χ1v) is 9.29. The van der Waals surface area contributed by atoms with Crippen molar-refractivity contribution in [2.24, 2.45) is 5.41 Å². The highest BCUT2D eigenvalue weighted by Crippen LogP contribution is 2.30. The van der Waals surface area contributed by atoms with Gasteiger partial charge in [-0.2, -0.15) is 0 Å². The standard InChI is InChI=1S/C20H32N2O3/c1-4-5-17-6-8-18(9-7-17)16(2)21-19(24)22(3)14-20(15-23)10-12-25-13-11-20/h6-9,16,23H,4-5,10-15H2,1-3H3,(H,21,24)/t16-/m1/s1. The molecule has 1 aromatic rings. The summed E-state index contributed by atoms with van der Waals surface area (Å²) in [6.07, 6.45) is 3.79. The summed E-state index contributed by atoms with van der Waals surface area (Å²) >= 11 is 0. The van der Waals surface area contributed by atoms with E-state index >= 15 is 0 Å². The number of ether oxygens (including phenoxy) is 1. The molecule has 2 rings (SSSR count). The number of benzene rings is 1. The summed E-state index contributed by atoms with van der Waals surface area (Å²) in [6, 6.07) is 8.28. The van der Waals surface area contributed by atoms with Gasteiger partial charge in [-0.1, -0.05) is 37.6 Å². The minimum atomic E-state index is -0.241. The Morgan fingerprint density at radius 2 is 1.96 bits per heavy atom. The summed E-state index contributed by atoms with van der Waals surface area (Å²) in [5.41, 5.74) is 2.19. The molecule has 0 aliphatic carbocycles. The first-order valence-electron chi connectivity index (χ1n) is 9.29. The second-order valence-electron chi connectivity index (χ2n) is 7.29. The van der Waals surface area contributed by atoms with Crippen LogP contribution in [-0.4, -0.2) is 49.5 Å². The van der Waals surface area contributed by atoms with Crippen LogP contribution in [0.2, 0.25) is 0 Å². The van der Waals surface area contributed by atoms with Crippen LogP contribution in [0.4, 0.5) is 4.79 Å². The van der Waals surface area contributed by atoms with Gasteiger partial charge in [0, 0.05) is 32.2 Å². The van der Waals surface area contributed by atoms with Crippen LogP contribution in [0, 0.1) is 5.41 Å². The van der Waals surface area contributed by atoms with E-state index in [1.165, 1.54) is 5.56 Å². The number of aryl methyl sites for hydroxylation is 1. The summed E-state index contributed by atoms with van der Waals surface area (Å²) in [5.74, 6) is 0. The lowest BCUT2D eigenvalue weighted by atomic mass is 9.80. The molecule has 0 aromatic heterocycles. The zero-order valence-electron chi connectivity index (χ0n) is 15.8. The minimum Gasteiger partial charge on any atom is -0.396 e. The van der Waals surface area contributed by atoms with Crippen molar-refractivity contribution in [3.63, 3.8) is 0 Å². The molecule has 0 bridgehead atoms. The highest BCUT2D eigenvalue weighted by molar-refractivity contribution is 5.74. The second kappa shape index (κ2) is 9.20. The van der Waals surface area contributed by atoms with E-state index in [9.17, 15) is 9.90 Å². The normalized spacial score (nSPS) is 17.8. The molecule has 0 saturated carbocycles. The van der Waals surface area contributed by atoms with E-state index in [4.69, 9.17) is 4.74 Å². The van der Waals surface area contributed by atoms with E-state index in [2.05, 4.69) is 36.5 Å². The van der Waals surface area contributed by atoms with E-state index in [1.807, 2.05) is 6.92 Å². The number of rotatable bonds is 7. The molecule has 5 heteroatoms. The smallest absolute Gasteiger partial charge is 0.317 e. The van der Waals surface area contributed by atoms with Gasteiger partial charge in [0.15, 0.2) is 0 Å². The average molecular weight is 348 g/mol. The lowest BCUT2D eigenvalue weighted by Crippen LogP contribution is -2.47. The van der Waals surface area contributed by atoms with E-state index in [0.717, 1.165) is 31.2 Å². The Bertz CT molecular complexity index is 538. The first-order chi connectivity index (χ1) is 12.0. The van der Waals surface area contributed by atoms with Crippen molar-refractivity contribution in [2.45, 2.75) is 45.6 Å². The van der Waals surface area contributed by atoms with Crippen LogP contribution >= 0.6 is 0 Å². The molecule has 1 aliphatic rings. The number of aliphatic hydroxyl groups excluding tert-OH is 1. The molecule has 1 heterocycles. The number of nitrogens with one attached hydrogen (secondary N) is 1. The van der Waals surface area contributed by atoms with E-state index in [0.29, 0.717) is 19.8 Å². The topological polar surface area (TPSA) is 61.8 Å². The minimum absolute atomic E-state index is 0.0506. The number of carbonyl (C=O) groups is 1. The Morgan fingerprint density at radius 1 is 1.32 bits per heavy atom. The van der Waals surface area contributed by atoms with Gasteiger partial charge in [-0.15, -0.1) is 0 Å². The van der Waals surface area contributed by atoms with Gasteiger partial charge in [-0.05, 0) is 37.3 Å². The molecule has 1 aliphatic heterocycles. The Morgan fingerprint density at radius 3 is 2.52 bits per heavy atom. The second-order valence-corrected chi connectivity index (χ2v) is 7.29. The Kier molecular flexibility index (Phi) is 7.26. The van der Waals surface area contributed by atoms with E-state index in [-0.39, 0.29) is 24.1 Å². The molecule has 25 heavy (non-hydrogen) atoms. The SMILES string of the molecule is CCCc1ccc([C@@H](C)NC(=O)N(C)CC2(CO)CCOCC2)cc1. The van der Waals surface area contributed by atoms with Crippen LogP contribution in [0.25, 0.3) is 0 Å². The number of hydrogen-bond donors (Lipinski definition) is 2. The summed E-state index contributed by atoms with van der Waals surface area (Å²) < 4.78 is 5.39. The molecule has 1 aromatic carbocycles. The fourth-order valence-electron chi connectivity index (χ4n) is 3.39. The third-order valence-corrected chi connectivity index (χ3v) is 5.17. The van der Waals surface area contributed by atoms with Crippen molar-refractivity contribution < 1.29 is 14.6 Å². The van der Waals surface area contributed by atoms with Crippen LogP contribution in [0.3, 0.4) is 0 Å². The van der Waals surface area contributed by atoms with Crippen LogP contribution in [-0.2, 0) is 11.2 Å². The number of nitrogens with zero attached hydrogens (tertiary/aromatic N) is 1. The third-order valence-electron chi connectivity index (χ3n) is 5.17. The molecule has 0 radical (unpaired) electrons. The molecule has 0 unspecified atom stereocenters. The van der Waals surface area contributed by atoms with Crippen molar-refractivity contribution in [3.05, 3.63) is 35.4 Å². The molecule has 1 saturated heterocycles. The van der Waals surface area contributed by atoms with Crippen molar-refractivity contribution in [1.29, 1.82) is 0 Å². The van der Waals surface area contributed by atoms with Gasteiger partial charge >= 0.3 is 6.03 Å². The third kappa shape index (κ3) is 5.44. The molecule has 1 atom stereocenters. The van der Waals surface area contributed by atoms with Crippen LogP contribution in [0.5, 0.6) is 0 Å². The van der Waals surface area contributed by atoms with E-state index < -0.39 is 0 Å². The zero-order valence-corrected chi connectivity index (χ0v) is 15.8. The van der Waals surface area contributed by atoms with Gasteiger partial charge in [0.1, 0.15) is 0 Å². The van der Waals surface area contributed by atoms with E-state index in [1.54, 1.807) is 11.9 Å². The van der Waals surface area contributed by atoms with Gasteiger partial charge in [0.05, 0.1) is 12.6 Å². The molecule has 5 nitrogen and oxygen atoms in total. The van der Waals surface area contributed by atoms with Crippen LogP contribution < -0.4 is 5.32 Å². The lowest BCUT2D eigenvalue weighted by molar-refractivity contribution is -0.0261. The van der Waals surface area contributed by atoms with Crippen LogP contribution in [0.15, 0.2) is 24.3 Å². The molecule has 0 spiro atoms. The molecule has 2 amide bonds.